The van der Waals surface area contributed by atoms with Gasteiger partial charge in [-0.05, 0) is 25.7 Å². The molecule has 1 saturated heterocycles. The van der Waals surface area contributed by atoms with Crippen LogP contribution in [0.15, 0.2) is 0 Å². The van der Waals surface area contributed by atoms with E-state index in [0.717, 1.165) is 0 Å². The maximum absolute atomic E-state index is 12.3. The van der Waals surface area contributed by atoms with Gasteiger partial charge in [0.2, 0.25) is 5.91 Å². The molecule has 2 fully saturated rings. The van der Waals surface area contributed by atoms with Crippen molar-refractivity contribution in [3.05, 3.63) is 0 Å². The summed E-state index contributed by atoms with van der Waals surface area (Å²) in [5, 5.41) is 9.17. The standard InChI is InChI=1S/C14H25NO3/c1-11-8-15(9-13(10-16)18-11)14(17)7-12-5-3-2-4-6-12/h11-13,16H,2-10H2,1H3. The largest absolute Gasteiger partial charge is 0.394 e. The van der Waals surface area contributed by atoms with Crippen molar-refractivity contribution in [3.8, 4) is 0 Å². The van der Waals surface area contributed by atoms with Crippen molar-refractivity contribution in [2.75, 3.05) is 19.7 Å². The molecular formula is C14H25NO3. The van der Waals surface area contributed by atoms with Crippen molar-refractivity contribution in [1.82, 2.24) is 4.90 Å². The summed E-state index contributed by atoms with van der Waals surface area (Å²) in [4.78, 5) is 14.1. The molecule has 0 aromatic rings. The number of nitrogens with zero attached hydrogens (tertiary/aromatic N) is 1. The van der Waals surface area contributed by atoms with Crippen molar-refractivity contribution in [2.24, 2.45) is 5.92 Å². The first-order valence-corrected chi connectivity index (χ1v) is 7.23. The van der Waals surface area contributed by atoms with Crippen LogP contribution in [-0.2, 0) is 9.53 Å². The Morgan fingerprint density at radius 1 is 1.28 bits per heavy atom. The summed E-state index contributed by atoms with van der Waals surface area (Å²) in [5.41, 5.74) is 0. The first-order chi connectivity index (χ1) is 8.69. The number of hydrogen-bond donors (Lipinski definition) is 1. The first kappa shape index (κ1) is 13.8. The molecule has 4 heteroatoms. The molecule has 104 valence electrons. The number of aliphatic hydroxyl groups is 1. The molecule has 4 nitrogen and oxygen atoms in total. The number of aliphatic hydroxyl groups excluding tert-OH is 1. The summed E-state index contributed by atoms with van der Waals surface area (Å²) in [7, 11) is 0. The van der Waals surface area contributed by atoms with Gasteiger partial charge >= 0.3 is 0 Å². The van der Waals surface area contributed by atoms with E-state index >= 15 is 0 Å². The number of carbonyl (C=O) groups is 1. The quantitative estimate of drug-likeness (QED) is 0.832. The number of rotatable bonds is 3. The lowest BCUT2D eigenvalue weighted by Gasteiger charge is -2.37. The molecule has 2 atom stereocenters. The van der Waals surface area contributed by atoms with Gasteiger partial charge in [0.1, 0.15) is 0 Å². The van der Waals surface area contributed by atoms with Gasteiger partial charge in [0, 0.05) is 19.5 Å². The number of carbonyl (C=O) groups excluding carboxylic acids is 1. The number of morpholine rings is 1. The van der Waals surface area contributed by atoms with Crippen LogP contribution in [0.3, 0.4) is 0 Å². The van der Waals surface area contributed by atoms with E-state index in [-0.39, 0.29) is 24.7 Å². The zero-order chi connectivity index (χ0) is 13.0. The van der Waals surface area contributed by atoms with Crippen LogP contribution in [0.1, 0.15) is 45.4 Å². The van der Waals surface area contributed by atoms with Gasteiger partial charge in [-0.25, -0.2) is 0 Å². The maximum Gasteiger partial charge on any atom is 0.223 e. The first-order valence-electron chi connectivity index (χ1n) is 7.23. The summed E-state index contributed by atoms with van der Waals surface area (Å²) >= 11 is 0. The van der Waals surface area contributed by atoms with Crippen molar-refractivity contribution < 1.29 is 14.6 Å². The second-order valence-electron chi connectivity index (χ2n) is 5.76. The van der Waals surface area contributed by atoms with Gasteiger partial charge in [-0.3, -0.25) is 4.79 Å². The highest BCUT2D eigenvalue weighted by Gasteiger charge is 2.29. The Morgan fingerprint density at radius 3 is 2.67 bits per heavy atom. The summed E-state index contributed by atoms with van der Waals surface area (Å²) in [5.74, 6) is 0.826. The van der Waals surface area contributed by atoms with Crippen molar-refractivity contribution in [3.63, 3.8) is 0 Å². The average Bonchev–Trinajstić information content (AvgIpc) is 2.39. The molecule has 1 aliphatic carbocycles. The molecule has 1 N–H and O–H groups in total. The summed E-state index contributed by atoms with van der Waals surface area (Å²) in [6.07, 6.45) is 6.80. The predicted octanol–water partition coefficient (Wildman–Crippen LogP) is 1.56. The fraction of sp³-hybridized carbons (Fsp3) is 0.929. The van der Waals surface area contributed by atoms with Crippen LogP contribution in [0.2, 0.25) is 0 Å². The molecule has 2 aliphatic rings. The van der Waals surface area contributed by atoms with Crippen molar-refractivity contribution in [1.29, 1.82) is 0 Å². The van der Waals surface area contributed by atoms with E-state index in [4.69, 9.17) is 9.84 Å². The summed E-state index contributed by atoms with van der Waals surface area (Å²) in [6.45, 7) is 3.18. The Bertz CT molecular complexity index is 276. The van der Waals surface area contributed by atoms with Crippen LogP contribution in [0.5, 0.6) is 0 Å². The lowest BCUT2D eigenvalue weighted by Crippen LogP contribution is -2.50. The van der Waals surface area contributed by atoms with E-state index < -0.39 is 0 Å². The Kier molecular flexibility index (Phi) is 5.01. The Morgan fingerprint density at radius 2 is 2.00 bits per heavy atom. The second kappa shape index (κ2) is 6.53. The lowest BCUT2D eigenvalue weighted by atomic mass is 9.86. The molecule has 0 bridgehead atoms. The highest BCUT2D eigenvalue weighted by molar-refractivity contribution is 5.76. The van der Waals surface area contributed by atoms with E-state index in [1.807, 2.05) is 11.8 Å². The normalized spacial score (nSPS) is 30.4. The SMILES string of the molecule is CC1CN(C(=O)CC2CCCCC2)CC(CO)O1. The highest BCUT2D eigenvalue weighted by atomic mass is 16.5. The molecule has 1 aliphatic heterocycles. The van der Waals surface area contributed by atoms with Gasteiger partial charge in [-0.15, -0.1) is 0 Å². The van der Waals surface area contributed by atoms with E-state index in [2.05, 4.69) is 0 Å². The van der Waals surface area contributed by atoms with Gasteiger partial charge in [-0.2, -0.15) is 0 Å². The second-order valence-corrected chi connectivity index (χ2v) is 5.76. The third-order valence-electron chi connectivity index (χ3n) is 4.07. The minimum atomic E-state index is -0.205. The maximum atomic E-state index is 12.3. The molecule has 0 aromatic carbocycles. The van der Waals surface area contributed by atoms with Crippen LogP contribution in [-0.4, -0.2) is 47.8 Å². The molecule has 1 amide bonds. The minimum Gasteiger partial charge on any atom is -0.394 e. The van der Waals surface area contributed by atoms with Crippen LogP contribution >= 0.6 is 0 Å². The molecule has 0 radical (unpaired) electrons. The van der Waals surface area contributed by atoms with Gasteiger partial charge in [0.15, 0.2) is 0 Å². The number of amides is 1. The molecular weight excluding hydrogens is 230 g/mol. The van der Waals surface area contributed by atoms with E-state index in [1.165, 1.54) is 32.1 Å². The van der Waals surface area contributed by atoms with Gasteiger partial charge in [-0.1, -0.05) is 19.3 Å². The zero-order valence-corrected chi connectivity index (χ0v) is 11.3. The summed E-state index contributed by atoms with van der Waals surface area (Å²) in [6, 6.07) is 0. The van der Waals surface area contributed by atoms with Gasteiger partial charge < -0.3 is 14.7 Å². The Labute approximate surface area is 109 Å². The predicted molar refractivity (Wildman–Crippen MR) is 69.2 cm³/mol. The van der Waals surface area contributed by atoms with E-state index in [1.54, 1.807) is 0 Å². The molecule has 0 aromatic heterocycles. The van der Waals surface area contributed by atoms with Crippen LogP contribution in [0.4, 0.5) is 0 Å². The lowest BCUT2D eigenvalue weighted by molar-refractivity contribution is -0.148. The topological polar surface area (TPSA) is 49.8 Å². The Balaban J connectivity index is 1.83. The van der Waals surface area contributed by atoms with Crippen LogP contribution in [0, 0.1) is 5.92 Å². The molecule has 1 heterocycles. The fourth-order valence-corrected chi connectivity index (χ4v) is 3.12. The smallest absolute Gasteiger partial charge is 0.223 e. The molecule has 2 rings (SSSR count). The zero-order valence-electron chi connectivity index (χ0n) is 11.3. The third kappa shape index (κ3) is 3.69. The van der Waals surface area contributed by atoms with E-state index in [0.29, 0.717) is 25.4 Å². The van der Waals surface area contributed by atoms with Gasteiger partial charge in [0.25, 0.3) is 0 Å². The van der Waals surface area contributed by atoms with Gasteiger partial charge in [0.05, 0.1) is 18.8 Å². The minimum absolute atomic E-state index is 0.00243. The van der Waals surface area contributed by atoms with Crippen LogP contribution < -0.4 is 0 Å². The van der Waals surface area contributed by atoms with Crippen LogP contribution in [0.25, 0.3) is 0 Å². The molecule has 1 saturated carbocycles. The van der Waals surface area contributed by atoms with Crippen molar-refractivity contribution in [2.45, 2.75) is 57.7 Å². The molecule has 2 unspecified atom stereocenters. The third-order valence-corrected chi connectivity index (χ3v) is 4.07. The highest BCUT2D eigenvalue weighted by Crippen LogP contribution is 2.27. The summed E-state index contributed by atoms with van der Waals surface area (Å²) < 4.78 is 5.56. The van der Waals surface area contributed by atoms with Crippen molar-refractivity contribution >= 4 is 5.91 Å². The number of hydrogen-bond acceptors (Lipinski definition) is 3. The molecule has 0 spiro atoms. The Hall–Kier alpha value is -0.610. The molecule has 18 heavy (non-hydrogen) atoms. The number of ether oxygens (including phenoxy) is 1. The fourth-order valence-electron chi connectivity index (χ4n) is 3.12. The monoisotopic (exact) mass is 255 g/mol. The average molecular weight is 255 g/mol. The van der Waals surface area contributed by atoms with E-state index in [9.17, 15) is 4.79 Å².